The number of halogens is 4. The lowest BCUT2D eigenvalue weighted by molar-refractivity contribution is -0.140. The van der Waals surface area contributed by atoms with Crippen molar-refractivity contribution in [2.75, 3.05) is 30.0 Å². The largest absolute Gasteiger partial charge is 0.434 e. The van der Waals surface area contributed by atoms with Crippen LogP contribution in [0.25, 0.3) is 10.6 Å². The summed E-state index contributed by atoms with van der Waals surface area (Å²) < 4.78 is 80.4. The van der Waals surface area contributed by atoms with Gasteiger partial charge in [0.1, 0.15) is 5.69 Å². The Bertz CT molecular complexity index is 1140. The fourth-order valence-electron chi connectivity index (χ4n) is 4.11. The molecule has 3 heterocycles. The number of aromatic nitrogens is 3. The zero-order valence-electron chi connectivity index (χ0n) is 18.1. The lowest BCUT2D eigenvalue weighted by Gasteiger charge is -2.30. The van der Waals surface area contributed by atoms with Crippen LogP contribution < -0.4 is 10.6 Å². The molecule has 0 amide bonds. The first kappa shape index (κ1) is 25.0. The van der Waals surface area contributed by atoms with E-state index >= 15 is 0 Å². The number of rotatable bonds is 6. The Morgan fingerprint density at radius 1 is 1.15 bits per heavy atom. The van der Waals surface area contributed by atoms with Crippen LogP contribution in [-0.2, 0) is 16.2 Å². The maximum absolute atomic E-state index is 14.6. The standard InChI is InChI=1S/C19H24F4N6O3S2/c1-34(31,32)29-7-5-10(6-8-29)25-17-24-9-11(20)14(27-17)15-16(19(21,22)23)28-18(33-15)26-12-3-2-4-13(12)30/h9-10,12-13,30H,2-8H2,1H3,(H,26,28)(H,24,25,27)/t12-,13+/m1/s1. The topological polar surface area (TPSA) is 120 Å². The van der Waals surface area contributed by atoms with E-state index in [4.69, 9.17) is 0 Å². The zero-order chi connectivity index (χ0) is 24.7. The quantitative estimate of drug-likeness (QED) is 0.494. The molecule has 1 saturated heterocycles. The first-order chi connectivity index (χ1) is 15.9. The molecule has 2 fully saturated rings. The van der Waals surface area contributed by atoms with Gasteiger partial charge in [0.25, 0.3) is 0 Å². The van der Waals surface area contributed by atoms with E-state index in [-0.39, 0.29) is 30.2 Å². The molecule has 0 aromatic carbocycles. The Morgan fingerprint density at radius 3 is 2.44 bits per heavy atom. The Kier molecular flexibility index (Phi) is 6.99. The molecule has 1 aliphatic heterocycles. The molecule has 2 aliphatic rings. The minimum Gasteiger partial charge on any atom is -0.391 e. The molecule has 2 aromatic heterocycles. The van der Waals surface area contributed by atoms with Gasteiger partial charge in [0.15, 0.2) is 16.6 Å². The van der Waals surface area contributed by atoms with Crippen molar-refractivity contribution >= 4 is 32.4 Å². The summed E-state index contributed by atoms with van der Waals surface area (Å²) in [4.78, 5) is 11.0. The van der Waals surface area contributed by atoms with Crippen molar-refractivity contribution < 1.29 is 31.1 Å². The van der Waals surface area contributed by atoms with Gasteiger partial charge in [0.05, 0.1) is 29.5 Å². The molecule has 2 aromatic rings. The number of thiazole rings is 1. The molecule has 34 heavy (non-hydrogen) atoms. The normalized spacial score (nSPS) is 22.8. The van der Waals surface area contributed by atoms with Crippen molar-refractivity contribution in [1.82, 2.24) is 19.3 Å². The molecular formula is C19H24F4N6O3S2. The highest BCUT2D eigenvalue weighted by atomic mass is 32.2. The van der Waals surface area contributed by atoms with E-state index in [1.54, 1.807) is 0 Å². The van der Waals surface area contributed by atoms with Gasteiger partial charge in [-0.15, -0.1) is 0 Å². The molecular weight excluding hydrogens is 500 g/mol. The molecule has 0 radical (unpaired) electrons. The molecule has 0 bridgehead atoms. The van der Waals surface area contributed by atoms with Crippen LogP contribution in [0.4, 0.5) is 28.6 Å². The Balaban J connectivity index is 1.57. The molecule has 188 valence electrons. The number of alkyl halides is 3. The van der Waals surface area contributed by atoms with Crippen LogP contribution in [0.5, 0.6) is 0 Å². The smallest absolute Gasteiger partial charge is 0.391 e. The second-order valence-electron chi connectivity index (χ2n) is 8.41. The molecule has 15 heteroatoms. The molecule has 2 atom stereocenters. The summed E-state index contributed by atoms with van der Waals surface area (Å²) in [6, 6.07) is -0.647. The third-order valence-electron chi connectivity index (χ3n) is 5.90. The summed E-state index contributed by atoms with van der Waals surface area (Å²) in [5.74, 6) is -1.09. The number of aliphatic hydroxyl groups is 1. The average Bonchev–Trinajstić information content (AvgIpc) is 3.36. The molecule has 1 aliphatic carbocycles. The number of nitrogens with one attached hydrogen (secondary N) is 2. The molecule has 1 saturated carbocycles. The summed E-state index contributed by atoms with van der Waals surface area (Å²) in [5, 5.41) is 15.7. The highest BCUT2D eigenvalue weighted by Crippen LogP contribution is 2.43. The number of nitrogens with zero attached hydrogens (tertiary/aromatic N) is 4. The summed E-state index contributed by atoms with van der Waals surface area (Å²) in [7, 11) is -3.31. The predicted octanol–water partition coefficient (Wildman–Crippen LogP) is 2.92. The fraction of sp³-hybridized carbons (Fsp3) is 0.632. The van der Waals surface area contributed by atoms with Crippen molar-refractivity contribution in [1.29, 1.82) is 0 Å². The van der Waals surface area contributed by atoms with Gasteiger partial charge in [-0.25, -0.2) is 32.1 Å². The average molecular weight is 525 g/mol. The SMILES string of the molecule is CS(=O)(=O)N1CCC(Nc2ncc(F)c(-c3sc(N[C@@H]4CCC[C@@H]4O)nc3C(F)(F)F)n2)CC1. The lowest BCUT2D eigenvalue weighted by Crippen LogP contribution is -2.42. The molecule has 3 N–H and O–H groups in total. The van der Waals surface area contributed by atoms with Gasteiger partial charge in [-0.2, -0.15) is 13.2 Å². The minimum absolute atomic E-state index is 0.0588. The number of hydrogen-bond donors (Lipinski definition) is 3. The molecule has 4 rings (SSSR count). The van der Waals surface area contributed by atoms with E-state index in [1.165, 1.54) is 4.31 Å². The van der Waals surface area contributed by atoms with E-state index in [9.17, 15) is 31.1 Å². The third kappa shape index (κ3) is 5.58. The van der Waals surface area contributed by atoms with Crippen molar-refractivity contribution in [3.8, 4) is 10.6 Å². The number of piperidine rings is 1. The number of hydrogen-bond acceptors (Lipinski definition) is 9. The van der Waals surface area contributed by atoms with Crippen molar-refractivity contribution in [3.63, 3.8) is 0 Å². The summed E-state index contributed by atoms with van der Waals surface area (Å²) in [6.45, 7) is 0.555. The van der Waals surface area contributed by atoms with Crippen molar-refractivity contribution in [3.05, 3.63) is 17.7 Å². The van der Waals surface area contributed by atoms with Gasteiger partial charge in [-0.1, -0.05) is 11.3 Å². The highest BCUT2D eigenvalue weighted by Gasteiger charge is 2.40. The lowest BCUT2D eigenvalue weighted by atomic mass is 10.1. The first-order valence-electron chi connectivity index (χ1n) is 10.7. The van der Waals surface area contributed by atoms with E-state index in [1.807, 2.05) is 0 Å². The summed E-state index contributed by atoms with van der Waals surface area (Å²) >= 11 is 0.616. The monoisotopic (exact) mass is 524 g/mol. The van der Waals surface area contributed by atoms with Crippen LogP contribution >= 0.6 is 11.3 Å². The third-order valence-corrected chi connectivity index (χ3v) is 8.20. The highest BCUT2D eigenvalue weighted by molar-refractivity contribution is 7.88. The van der Waals surface area contributed by atoms with Crippen molar-refractivity contribution in [2.45, 2.75) is 56.5 Å². The fourth-order valence-corrected chi connectivity index (χ4v) is 6.02. The number of sulfonamides is 1. The van der Waals surface area contributed by atoms with Crippen molar-refractivity contribution in [2.24, 2.45) is 0 Å². The minimum atomic E-state index is -4.84. The van der Waals surface area contributed by atoms with Crippen LogP contribution in [0.2, 0.25) is 0 Å². The molecule has 9 nitrogen and oxygen atoms in total. The Hall–Kier alpha value is -2.10. The maximum Gasteiger partial charge on any atom is 0.434 e. The predicted molar refractivity (Wildman–Crippen MR) is 118 cm³/mol. The zero-order valence-corrected chi connectivity index (χ0v) is 19.8. The summed E-state index contributed by atoms with van der Waals surface area (Å²) in [6.07, 6.45) is -0.867. The van der Waals surface area contributed by atoms with Gasteiger partial charge in [-0.05, 0) is 32.1 Å². The van der Waals surface area contributed by atoms with E-state index < -0.39 is 50.4 Å². The Labute approximate surface area is 197 Å². The molecule has 0 spiro atoms. The van der Waals surface area contributed by atoms with Crippen LogP contribution in [0.1, 0.15) is 37.8 Å². The van der Waals surface area contributed by atoms with Gasteiger partial charge in [-0.3, -0.25) is 0 Å². The second-order valence-corrected chi connectivity index (χ2v) is 11.4. The number of anilines is 2. The van der Waals surface area contributed by atoms with E-state index in [2.05, 4.69) is 25.6 Å². The van der Waals surface area contributed by atoms with Gasteiger partial charge < -0.3 is 15.7 Å². The van der Waals surface area contributed by atoms with Crippen LogP contribution in [0.15, 0.2) is 6.20 Å². The van der Waals surface area contributed by atoms with E-state index in [0.29, 0.717) is 37.0 Å². The van der Waals surface area contributed by atoms with E-state index in [0.717, 1.165) is 18.9 Å². The van der Waals surface area contributed by atoms with Gasteiger partial charge >= 0.3 is 6.18 Å². The van der Waals surface area contributed by atoms with Gasteiger partial charge in [0, 0.05) is 19.1 Å². The second kappa shape index (κ2) is 9.51. The van der Waals surface area contributed by atoms with Gasteiger partial charge in [0.2, 0.25) is 16.0 Å². The van der Waals surface area contributed by atoms with Crippen LogP contribution in [0.3, 0.4) is 0 Å². The maximum atomic E-state index is 14.6. The first-order valence-corrected chi connectivity index (χ1v) is 13.4. The van der Waals surface area contributed by atoms with Crippen LogP contribution in [0, 0.1) is 5.82 Å². The molecule has 0 unspecified atom stereocenters. The number of aliphatic hydroxyl groups excluding tert-OH is 1. The van der Waals surface area contributed by atoms with Crippen LogP contribution in [-0.4, -0.2) is 70.3 Å². The Morgan fingerprint density at radius 2 is 1.85 bits per heavy atom. The summed E-state index contributed by atoms with van der Waals surface area (Å²) in [5.41, 5.74) is -1.80.